The van der Waals surface area contributed by atoms with E-state index in [9.17, 15) is 10.2 Å². The number of fused-ring (bicyclic) bond motifs is 1. The maximum atomic E-state index is 10.8. The van der Waals surface area contributed by atoms with E-state index in [4.69, 9.17) is 9.47 Å². The van der Waals surface area contributed by atoms with Crippen LogP contribution in [0, 0.1) is 28.6 Å². The summed E-state index contributed by atoms with van der Waals surface area (Å²) < 4.78 is 11.0. The number of ether oxygens (including phenoxy) is 2. The van der Waals surface area contributed by atoms with Crippen LogP contribution in [0.1, 0.15) is 59.3 Å². The lowest BCUT2D eigenvalue weighted by Crippen LogP contribution is -2.55. The topological polar surface area (TPSA) is 58.9 Å². The Kier molecular flexibility index (Phi) is 5.65. The molecular weight excluding hydrogens is 316 g/mol. The predicted octanol–water partition coefficient (Wildman–Crippen LogP) is 3.52. The summed E-state index contributed by atoms with van der Waals surface area (Å²) in [4.78, 5) is 0. The largest absolute Gasteiger partial charge is 0.393 e. The molecule has 25 heavy (non-hydrogen) atoms. The normalized spacial score (nSPS) is 47.4. The van der Waals surface area contributed by atoms with Crippen LogP contribution in [0.15, 0.2) is 11.6 Å². The van der Waals surface area contributed by atoms with E-state index in [0.29, 0.717) is 11.8 Å². The summed E-state index contributed by atoms with van der Waals surface area (Å²) in [5.41, 5.74) is 1.16. The van der Waals surface area contributed by atoms with Crippen LogP contribution in [0.2, 0.25) is 0 Å². The van der Waals surface area contributed by atoms with Gasteiger partial charge in [0.25, 0.3) is 0 Å². The number of allylic oxidation sites excluding steroid dienone is 1. The standard InChI is InChI=1S/C21H36O4/c1-14-17(23)11-21(3)16(12-22)6-5-7-18(21)20(14,2)9-8-15-10-19(24-4)25-13-15/h6,14-15,17-19,22-23H,5,7-13H2,1-4H3/t14-,15+,17-,18-,19-,20+,21+/m1/s1. The third-order valence-electron chi connectivity index (χ3n) is 7.96. The van der Waals surface area contributed by atoms with Crippen molar-refractivity contribution < 1.29 is 19.7 Å². The average Bonchev–Trinajstić information content (AvgIpc) is 3.06. The Labute approximate surface area is 152 Å². The molecule has 1 saturated carbocycles. The van der Waals surface area contributed by atoms with Crippen LogP contribution < -0.4 is 0 Å². The van der Waals surface area contributed by atoms with Crippen LogP contribution in [-0.2, 0) is 9.47 Å². The predicted molar refractivity (Wildman–Crippen MR) is 98.0 cm³/mol. The van der Waals surface area contributed by atoms with Crippen LogP contribution in [0.5, 0.6) is 0 Å². The Bertz CT molecular complexity index is 504. The zero-order chi connectivity index (χ0) is 18.2. The highest BCUT2D eigenvalue weighted by Crippen LogP contribution is 2.62. The second-order valence-corrected chi connectivity index (χ2v) is 9.14. The minimum Gasteiger partial charge on any atom is -0.393 e. The van der Waals surface area contributed by atoms with Gasteiger partial charge >= 0.3 is 0 Å². The molecule has 2 N–H and O–H groups in total. The number of aliphatic hydroxyl groups is 2. The van der Waals surface area contributed by atoms with Crippen LogP contribution >= 0.6 is 0 Å². The van der Waals surface area contributed by atoms with Gasteiger partial charge in [-0.1, -0.05) is 26.8 Å². The molecule has 3 aliphatic rings. The van der Waals surface area contributed by atoms with Crippen molar-refractivity contribution in [2.24, 2.45) is 28.6 Å². The number of aliphatic hydroxyl groups excluding tert-OH is 2. The van der Waals surface area contributed by atoms with Crippen molar-refractivity contribution in [3.63, 3.8) is 0 Å². The van der Waals surface area contributed by atoms with E-state index in [1.54, 1.807) is 7.11 Å². The van der Waals surface area contributed by atoms with E-state index in [1.165, 1.54) is 0 Å². The Morgan fingerprint density at radius 1 is 1.36 bits per heavy atom. The molecule has 0 spiro atoms. The van der Waals surface area contributed by atoms with Gasteiger partial charge < -0.3 is 19.7 Å². The zero-order valence-electron chi connectivity index (χ0n) is 16.3. The molecule has 1 heterocycles. The summed E-state index contributed by atoms with van der Waals surface area (Å²) in [6.07, 6.45) is 8.07. The summed E-state index contributed by atoms with van der Waals surface area (Å²) >= 11 is 0. The number of hydrogen-bond acceptors (Lipinski definition) is 4. The first-order valence-corrected chi connectivity index (χ1v) is 9.98. The first-order chi connectivity index (χ1) is 11.8. The molecule has 0 unspecified atom stereocenters. The Hall–Kier alpha value is -0.420. The lowest BCUT2D eigenvalue weighted by atomic mass is 9.46. The van der Waals surface area contributed by atoms with Gasteiger partial charge in [0.15, 0.2) is 6.29 Å². The van der Waals surface area contributed by atoms with Gasteiger partial charge in [0, 0.05) is 13.5 Å². The maximum Gasteiger partial charge on any atom is 0.157 e. The summed E-state index contributed by atoms with van der Waals surface area (Å²) in [5.74, 6) is 1.35. The Morgan fingerprint density at radius 3 is 2.76 bits per heavy atom. The van der Waals surface area contributed by atoms with Crippen molar-refractivity contribution >= 4 is 0 Å². The third kappa shape index (κ3) is 3.31. The quantitative estimate of drug-likeness (QED) is 0.743. The second-order valence-electron chi connectivity index (χ2n) is 9.14. The molecule has 4 heteroatoms. The highest BCUT2D eigenvalue weighted by atomic mass is 16.7. The smallest absolute Gasteiger partial charge is 0.157 e. The molecule has 0 aromatic carbocycles. The zero-order valence-corrected chi connectivity index (χ0v) is 16.3. The van der Waals surface area contributed by atoms with E-state index >= 15 is 0 Å². The number of rotatable bonds is 5. The average molecular weight is 353 g/mol. The van der Waals surface area contributed by atoms with E-state index in [0.717, 1.165) is 50.7 Å². The van der Waals surface area contributed by atoms with Crippen LogP contribution in [0.3, 0.4) is 0 Å². The lowest BCUT2D eigenvalue weighted by molar-refractivity contribution is -0.120. The van der Waals surface area contributed by atoms with Gasteiger partial charge in [0.1, 0.15) is 0 Å². The fraction of sp³-hybridized carbons (Fsp3) is 0.905. The van der Waals surface area contributed by atoms with E-state index < -0.39 is 0 Å². The molecule has 2 aliphatic carbocycles. The molecule has 0 bridgehead atoms. The molecule has 1 saturated heterocycles. The lowest BCUT2D eigenvalue weighted by Gasteiger charge is -2.59. The molecule has 4 nitrogen and oxygen atoms in total. The molecule has 1 aliphatic heterocycles. The molecule has 3 rings (SSSR count). The van der Waals surface area contributed by atoms with E-state index in [1.807, 2.05) is 0 Å². The van der Waals surface area contributed by atoms with Crippen LogP contribution in [0.4, 0.5) is 0 Å². The first kappa shape index (κ1) is 19.3. The van der Waals surface area contributed by atoms with Gasteiger partial charge in [-0.25, -0.2) is 0 Å². The molecule has 0 amide bonds. The van der Waals surface area contributed by atoms with Gasteiger partial charge in [-0.05, 0) is 66.3 Å². The monoisotopic (exact) mass is 352 g/mol. The third-order valence-corrected chi connectivity index (χ3v) is 7.96. The van der Waals surface area contributed by atoms with Crippen molar-refractivity contribution in [2.75, 3.05) is 20.3 Å². The number of hydrogen-bond donors (Lipinski definition) is 2. The highest BCUT2D eigenvalue weighted by molar-refractivity contribution is 5.24. The molecule has 7 atom stereocenters. The molecule has 0 radical (unpaired) electrons. The van der Waals surface area contributed by atoms with Gasteiger partial charge in [0.05, 0.1) is 19.3 Å². The first-order valence-electron chi connectivity index (χ1n) is 9.98. The summed E-state index contributed by atoms with van der Waals surface area (Å²) in [5, 5.41) is 20.7. The van der Waals surface area contributed by atoms with E-state index in [-0.39, 0.29) is 35.7 Å². The fourth-order valence-corrected chi connectivity index (χ4v) is 6.08. The molecule has 144 valence electrons. The fourth-order valence-electron chi connectivity index (χ4n) is 6.08. The molecule has 0 aromatic heterocycles. The minimum atomic E-state index is -0.300. The van der Waals surface area contributed by atoms with E-state index in [2.05, 4.69) is 26.8 Å². The summed E-state index contributed by atoms with van der Waals surface area (Å²) in [6, 6.07) is 0. The maximum absolute atomic E-state index is 10.8. The van der Waals surface area contributed by atoms with Crippen LogP contribution in [0.25, 0.3) is 0 Å². The van der Waals surface area contributed by atoms with Crippen LogP contribution in [-0.4, -0.2) is 42.9 Å². The Balaban J connectivity index is 1.78. The van der Waals surface area contributed by atoms with Gasteiger partial charge in [-0.2, -0.15) is 0 Å². The summed E-state index contributed by atoms with van der Waals surface area (Å²) in [6.45, 7) is 7.79. The second kappa shape index (κ2) is 7.30. The number of methoxy groups -OCH3 is 1. The van der Waals surface area contributed by atoms with Crippen molar-refractivity contribution in [1.82, 2.24) is 0 Å². The van der Waals surface area contributed by atoms with Gasteiger partial charge in [0.2, 0.25) is 0 Å². The molecule has 2 fully saturated rings. The van der Waals surface area contributed by atoms with Crippen molar-refractivity contribution in [1.29, 1.82) is 0 Å². The SMILES string of the molecule is CO[C@H]1C[C@H](CC[C@@]2(C)[C@H](C)[C@H](O)C[C@@]3(C)C(CO)=CCC[C@H]23)CO1. The van der Waals surface area contributed by atoms with Gasteiger partial charge in [-0.15, -0.1) is 0 Å². The summed E-state index contributed by atoms with van der Waals surface area (Å²) in [7, 11) is 1.71. The molecule has 0 aromatic rings. The van der Waals surface area contributed by atoms with Gasteiger partial charge in [-0.3, -0.25) is 0 Å². The van der Waals surface area contributed by atoms with Crippen molar-refractivity contribution in [3.8, 4) is 0 Å². The Morgan fingerprint density at radius 2 is 2.12 bits per heavy atom. The van der Waals surface area contributed by atoms with Crippen molar-refractivity contribution in [2.45, 2.75) is 71.7 Å². The van der Waals surface area contributed by atoms with Crippen molar-refractivity contribution in [3.05, 3.63) is 11.6 Å². The molecular formula is C21H36O4. The highest BCUT2D eigenvalue weighted by Gasteiger charge is 2.56. The minimum absolute atomic E-state index is 0.0453.